The van der Waals surface area contributed by atoms with Gasteiger partial charge in [-0.3, -0.25) is 14.4 Å². The lowest BCUT2D eigenvalue weighted by molar-refractivity contribution is -0.139. The molecule has 3 aliphatic rings. The number of aliphatic hydroxyl groups is 3. The monoisotopic (exact) mass is 478 g/mol. The molecule has 3 unspecified atom stereocenters. The van der Waals surface area contributed by atoms with Gasteiger partial charge in [0, 0.05) is 25.2 Å². The number of carbonyl (C=O) groups is 3. The molecule has 2 aliphatic heterocycles. The van der Waals surface area contributed by atoms with Crippen LogP contribution in [-0.2, 0) is 14.4 Å². The number of rotatable bonds is 10. The molecule has 2 amide bonds. The van der Waals surface area contributed by atoms with Crippen molar-refractivity contribution in [2.75, 3.05) is 13.1 Å². The van der Waals surface area contributed by atoms with Gasteiger partial charge in [0.25, 0.3) is 0 Å². The van der Waals surface area contributed by atoms with Crippen LogP contribution in [0.1, 0.15) is 26.2 Å². The molecular weight excluding hydrogens is 448 g/mol. The SMILES string of the molecule is CC1=NC(O)C2=C(NCC(CNC3=CCC(C(=O)N[C@@H](CCC(=O)O)C(O)O)C=C3)N2C=O)N1. The topological polar surface area (TPSA) is 196 Å². The minimum atomic E-state index is -1.86. The maximum Gasteiger partial charge on any atom is 0.303 e. The van der Waals surface area contributed by atoms with Crippen molar-refractivity contribution >= 4 is 24.1 Å². The molecule has 0 aromatic rings. The Hall–Kier alpha value is -3.42. The Morgan fingerprint density at radius 3 is 2.76 bits per heavy atom. The largest absolute Gasteiger partial charge is 0.481 e. The molecule has 0 spiro atoms. The molecule has 4 atom stereocenters. The van der Waals surface area contributed by atoms with E-state index in [1.165, 1.54) is 4.90 Å². The van der Waals surface area contributed by atoms with E-state index in [0.29, 0.717) is 43.3 Å². The van der Waals surface area contributed by atoms with E-state index in [-0.39, 0.29) is 18.9 Å². The third kappa shape index (κ3) is 6.12. The van der Waals surface area contributed by atoms with Crippen LogP contribution in [0.15, 0.2) is 40.4 Å². The number of carbonyl (C=O) groups excluding carboxylic acids is 2. The van der Waals surface area contributed by atoms with Gasteiger partial charge in [-0.05, 0) is 25.8 Å². The molecule has 0 saturated carbocycles. The van der Waals surface area contributed by atoms with Crippen molar-refractivity contribution in [2.45, 2.75) is 50.8 Å². The Balaban J connectivity index is 1.52. The summed E-state index contributed by atoms with van der Waals surface area (Å²) in [7, 11) is 0. The van der Waals surface area contributed by atoms with E-state index in [0.717, 1.165) is 5.70 Å². The summed E-state index contributed by atoms with van der Waals surface area (Å²) < 4.78 is 0. The zero-order chi connectivity index (χ0) is 24.8. The van der Waals surface area contributed by atoms with Gasteiger partial charge in [0.05, 0.1) is 18.0 Å². The van der Waals surface area contributed by atoms with Gasteiger partial charge < -0.3 is 46.6 Å². The van der Waals surface area contributed by atoms with E-state index in [9.17, 15) is 29.7 Å². The van der Waals surface area contributed by atoms with Gasteiger partial charge in [-0.25, -0.2) is 4.99 Å². The maximum absolute atomic E-state index is 12.5. The second kappa shape index (κ2) is 11.1. The van der Waals surface area contributed by atoms with Crippen molar-refractivity contribution in [2.24, 2.45) is 10.9 Å². The van der Waals surface area contributed by atoms with Gasteiger partial charge in [0.2, 0.25) is 12.3 Å². The number of amidine groups is 1. The number of hydrogen-bond donors (Lipinski definition) is 8. The van der Waals surface area contributed by atoms with Crippen LogP contribution in [0.3, 0.4) is 0 Å². The smallest absolute Gasteiger partial charge is 0.303 e. The van der Waals surface area contributed by atoms with E-state index < -0.39 is 36.4 Å². The summed E-state index contributed by atoms with van der Waals surface area (Å²) in [6.45, 7) is 2.53. The lowest BCUT2D eigenvalue weighted by Gasteiger charge is -2.40. The first-order chi connectivity index (χ1) is 16.2. The molecule has 1 aliphatic carbocycles. The van der Waals surface area contributed by atoms with E-state index in [1.54, 1.807) is 19.1 Å². The number of aliphatic carboxylic acids is 1. The number of amides is 2. The summed E-state index contributed by atoms with van der Waals surface area (Å²) in [5.41, 5.74) is 1.10. The molecule has 34 heavy (non-hydrogen) atoms. The Kier molecular flexibility index (Phi) is 8.26. The zero-order valence-corrected chi connectivity index (χ0v) is 18.6. The molecule has 8 N–H and O–H groups in total. The first-order valence-electron chi connectivity index (χ1n) is 10.9. The average molecular weight is 479 g/mol. The highest BCUT2D eigenvalue weighted by Crippen LogP contribution is 2.22. The summed E-state index contributed by atoms with van der Waals surface area (Å²) in [5.74, 6) is -0.992. The van der Waals surface area contributed by atoms with E-state index in [4.69, 9.17) is 5.11 Å². The fourth-order valence-electron chi connectivity index (χ4n) is 3.92. The van der Waals surface area contributed by atoms with Gasteiger partial charge in [0.15, 0.2) is 12.5 Å². The molecule has 186 valence electrons. The van der Waals surface area contributed by atoms with Crippen molar-refractivity contribution in [3.8, 4) is 0 Å². The quantitative estimate of drug-likeness (QED) is 0.124. The van der Waals surface area contributed by atoms with Crippen LogP contribution in [0.25, 0.3) is 0 Å². The van der Waals surface area contributed by atoms with Crippen molar-refractivity contribution < 1.29 is 34.8 Å². The second-order valence-electron chi connectivity index (χ2n) is 8.22. The van der Waals surface area contributed by atoms with Crippen LogP contribution in [0, 0.1) is 5.92 Å². The molecule has 2 heterocycles. The van der Waals surface area contributed by atoms with Gasteiger partial charge in [-0.2, -0.15) is 0 Å². The third-order valence-electron chi connectivity index (χ3n) is 5.76. The molecule has 0 radical (unpaired) electrons. The summed E-state index contributed by atoms with van der Waals surface area (Å²) in [4.78, 5) is 40.4. The van der Waals surface area contributed by atoms with E-state index in [2.05, 4.69) is 26.3 Å². The summed E-state index contributed by atoms with van der Waals surface area (Å²) in [6, 6.07) is -1.37. The lowest BCUT2D eigenvalue weighted by Crippen LogP contribution is -2.57. The number of aliphatic imine (C=N–C) groups is 1. The van der Waals surface area contributed by atoms with Gasteiger partial charge in [-0.15, -0.1) is 0 Å². The number of carboxylic acids is 1. The minimum absolute atomic E-state index is 0.103. The molecule has 0 aromatic carbocycles. The van der Waals surface area contributed by atoms with Gasteiger partial charge in [0.1, 0.15) is 17.4 Å². The Morgan fingerprint density at radius 2 is 2.15 bits per heavy atom. The number of aliphatic hydroxyl groups excluding tert-OH is 2. The van der Waals surface area contributed by atoms with Gasteiger partial charge >= 0.3 is 5.97 Å². The highest BCUT2D eigenvalue weighted by atomic mass is 16.5. The van der Waals surface area contributed by atoms with Crippen molar-refractivity contribution in [1.29, 1.82) is 0 Å². The predicted molar refractivity (Wildman–Crippen MR) is 119 cm³/mol. The van der Waals surface area contributed by atoms with Crippen LogP contribution in [0.2, 0.25) is 0 Å². The fourth-order valence-corrected chi connectivity index (χ4v) is 3.92. The van der Waals surface area contributed by atoms with Crippen LogP contribution >= 0.6 is 0 Å². The Morgan fingerprint density at radius 1 is 1.38 bits per heavy atom. The van der Waals surface area contributed by atoms with Crippen molar-refractivity contribution in [1.82, 2.24) is 26.2 Å². The Labute approximate surface area is 195 Å². The Bertz CT molecular complexity index is 929. The number of nitrogens with zero attached hydrogens (tertiary/aromatic N) is 2. The fraction of sp³-hybridized carbons (Fsp3) is 0.524. The molecule has 3 rings (SSSR count). The molecule has 0 aromatic heterocycles. The molecule has 13 heteroatoms. The van der Waals surface area contributed by atoms with Crippen molar-refractivity contribution in [3.05, 3.63) is 35.4 Å². The third-order valence-corrected chi connectivity index (χ3v) is 5.76. The zero-order valence-electron chi connectivity index (χ0n) is 18.6. The highest BCUT2D eigenvalue weighted by molar-refractivity contribution is 5.83. The van der Waals surface area contributed by atoms with Crippen molar-refractivity contribution in [3.63, 3.8) is 0 Å². The normalized spacial score (nSPS) is 24.9. The summed E-state index contributed by atoms with van der Waals surface area (Å²) >= 11 is 0. The number of nitrogens with one attached hydrogen (secondary N) is 4. The first kappa shape index (κ1) is 25.2. The molecular formula is C21H30N6O7. The van der Waals surface area contributed by atoms with Crippen LogP contribution in [0.4, 0.5) is 0 Å². The highest BCUT2D eigenvalue weighted by Gasteiger charge is 2.34. The van der Waals surface area contributed by atoms with E-state index >= 15 is 0 Å². The summed E-state index contributed by atoms with van der Waals surface area (Å²) in [6.07, 6.45) is 2.78. The number of carboxylic acid groups (broad SMARTS) is 1. The molecule has 13 nitrogen and oxygen atoms in total. The number of hydrogen-bond acceptors (Lipinski definition) is 10. The summed E-state index contributed by atoms with van der Waals surface area (Å²) in [5, 5.41) is 49.7. The first-order valence-corrected chi connectivity index (χ1v) is 10.9. The minimum Gasteiger partial charge on any atom is -0.481 e. The van der Waals surface area contributed by atoms with Crippen LogP contribution < -0.4 is 21.3 Å². The molecule has 0 saturated heterocycles. The van der Waals surface area contributed by atoms with Crippen LogP contribution in [0.5, 0.6) is 0 Å². The van der Waals surface area contributed by atoms with E-state index in [1.807, 2.05) is 6.08 Å². The lowest BCUT2D eigenvalue weighted by atomic mass is 9.97. The van der Waals surface area contributed by atoms with Crippen LogP contribution in [-0.4, -0.2) is 87.1 Å². The standard InChI is InChI=1S/C21H30N6O7/c1-11-24-18-17(20(32)25-11)27(10-28)14(9-23-18)8-22-13-4-2-12(3-5-13)19(31)26-15(21(33)34)6-7-16(29)30/h2,4-5,10,12,14-15,20-23,32-34H,3,6-9H2,1H3,(H,24,25)(H,26,31)(H,29,30)/t12?,14?,15-,20?/m0/s1. The molecule has 0 fully saturated rings. The second-order valence-corrected chi connectivity index (χ2v) is 8.22. The van der Waals surface area contributed by atoms with Gasteiger partial charge in [-0.1, -0.05) is 12.2 Å². The average Bonchev–Trinajstić information content (AvgIpc) is 2.79. The number of allylic oxidation sites excluding steroid dienone is 2. The predicted octanol–water partition coefficient (Wildman–Crippen LogP) is -2.36. The molecule has 0 bridgehead atoms. The maximum atomic E-state index is 12.5.